The molecular formula is C11H18BrNO2. The van der Waals surface area contributed by atoms with E-state index >= 15 is 0 Å². The molecule has 0 spiro atoms. The summed E-state index contributed by atoms with van der Waals surface area (Å²) in [5.74, 6) is 2.28. The third-order valence-corrected chi connectivity index (χ3v) is 4.05. The second-order valence-corrected chi connectivity index (χ2v) is 6.02. The first-order valence-corrected chi connectivity index (χ1v) is 6.53. The SMILES string of the molecule is COCC(Br)CNC(=O)C1CC2CC2C1. The van der Waals surface area contributed by atoms with Gasteiger partial charge < -0.3 is 10.1 Å². The second-order valence-electron chi connectivity index (χ2n) is 4.72. The fourth-order valence-corrected chi connectivity index (χ4v) is 2.95. The molecule has 0 saturated heterocycles. The Morgan fingerprint density at radius 2 is 2.13 bits per heavy atom. The van der Waals surface area contributed by atoms with Crippen LogP contribution in [0, 0.1) is 17.8 Å². The number of carbonyl (C=O) groups is 1. The Morgan fingerprint density at radius 1 is 1.47 bits per heavy atom. The second kappa shape index (κ2) is 4.83. The van der Waals surface area contributed by atoms with E-state index in [0.29, 0.717) is 13.2 Å². The summed E-state index contributed by atoms with van der Waals surface area (Å²) in [5, 5.41) is 2.98. The minimum absolute atomic E-state index is 0.224. The molecular weight excluding hydrogens is 258 g/mol. The van der Waals surface area contributed by atoms with Crippen LogP contribution in [0.15, 0.2) is 0 Å². The van der Waals surface area contributed by atoms with E-state index in [4.69, 9.17) is 4.74 Å². The number of fused-ring (bicyclic) bond motifs is 1. The molecule has 15 heavy (non-hydrogen) atoms. The van der Waals surface area contributed by atoms with Crippen molar-refractivity contribution in [1.29, 1.82) is 0 Å². The van der Waals surface area contributed by atoms with Crippen LogP contribution in [0.3, 0.4) is 0 Å². The highest BCUT2D eigenvalue weighted by Gasteiger charge is 2.47. The predicted octanol–water partition coefficient (Wildman–Crippen LogP) is 1.56. The zero-order chi connectivity index (χ0) is 10.8. The van der Waals surface area contributed by atoms with E-state index in [9.17, 15) is 4.79 Å². The van der Waals surface area contributed by atoms with Gasteiger partial charge in [0.15, 0.2) is 0 Å². The van der Waals surface area contributed by atoms with Crippen LogP contribution in [0.2, 0.25) is 0 Å². The molecule has 2 rings (SSSR count). The summed E-state index contributed by atoms with van der Waals surface area (Å²) in [6.45, 7) is 1.30. The van der Waals surface area contributed by atoms with Gasteiger partial charge in [-0.25, -0.2) is 0 Å². The molecule has 0 radical (unpaired) electrons. The zero-order valence-electron chi connectivity index (χ0n) is 9.04. The highest BCUT2D eigenvalue weighted by molar-refractivity contribution is 9.09. The fourth-order valence-electron chi connectivity index (χ4n) is 2.52. The minimum Gasteiger partial charge on any atom is -0.383 e. The third kappa shape index (κ3) is 2.94. The van der Waals surface area contributed by atoms with Crippen molar-refractivity contribution in [3.8, 4) is 0 Å². The molecule has 0 heterocycles. The maximum absolute atomic E-state index is 11.7. The van der Waals surface area contributed by atoms with Gasteiger partial charge in [0.1, 0.15) is 0 Å². The molecule has 0 aliphatic heterocycles. The molecule has 1 N–H and O–H groups in total. The number of ether oxygens (including phenoxy) is 1. The van der Waals surface area contributed by atoms with Gasteiger partial charge >= 0.3 is 0 Å². The molecule has 2 aliphatic rings. The molecule has 0 aromatic heterocycles. The fraction of sp³-hybridized carbons (Fsp3) is 0.909. The smallest absolute Gasteiger partial charge is 0.223 e. The Bertz CT molecular complexity index is 237. The molecule has 4 heteroatoms. The monoisotopic (exact) mass is 275 g/mol. The van der Waals surface area contributed by atoms with Crippen molar-refractivity contribution in [3.05, 3.63) is 0 Å². The van der Waals surface area contributed by atoms with Crippen molar-refractivity contribution in [3.63, 3.8) is 0 Å². The number of hydrogen-bond acceptors (Lipinski definition) is 2. The molecule has 0 aromatic carbocycles. The molecule has 3 unspecified atom stereocenters. The first kappa shape index (κ1) is 11.4. The van der Waals surface area contributed by atoms with Gasteiger partial charge in [-0.15, -0.1) is 0 Å². The van der Waals surface area contributed by atoms with E-state index in [1.165, 1.54) is 6.42 Å². The third-order valence-electron chi connectivity index (χ3n) is 3.46. The lowest BCUT2D eigenvalue weighted by atomic mass is 10.0. The highest BCUT2D eigenvalue weighted by atomic mass is 79.9. The number of nitrogens with one attached hydrogen (secondary N) is 1. The maximum Gasteiger partial charge on any atom is 0.223 e. The van der Waals surface area contributed by atoms with E-state index in [1.807, 2.05) is 0 Å². The van der Waals surface area contributed by atoms with E-state index in [-0.39, 0.29) is 16.7 Å². The number of carbonyl (C=O) groups excluding carboxylic acids is 1. The number of hydrogen-bond donors (Lipinski definition) is 1. The Balaban J connectivity index is 1.64. The van der Waals surface area contributed by atoms with Crippen molar-refractivity contribution >= 4 is 21.8 Å². The van der Waals surface area contributed by atoms with Gasteiger partial charge in [0, 0.05) is 19.6 Å². The van der Waals surface area contributed by atoms with Gasteiger partial charge in [-0.05, 0) is 31.1 Å². The van der Waals surface area contributed by atoms with E-state index in [2.05, 4.69) is 21.2 Å². The average molecular weight is 276 g/mol. The predicted molar refractivity (Wildman–Crippen MR) is 61.9 cm³/mol. The number of rotatable bonds is 5. The molecule has 86 valence electrons. The molecule has 3 nitrogen and oxygen atoms in total. The summed E-state index contributed by atoms with van der Waals surface area (Å²) >= 11 is 3.46. The Labute approximate surface area is 99.1 Å². The van der Waals surface area contributed by atoms with Gasteiger partial charge in [0.2, 0.25) is 5.91 Å². The van der Waals surface area contributed by atoms with Crippen LogP contribution in [-0.4, -0.2) is 31.0 Å². The van der Waals surface area contributed by atoms with Gasteiger partial charge in [-0.1, -0.05) is 15.9 Å². The minimum atomic E-state index is 0.224. The summed E-state index contributed by atoms with van der Waals surface area (Å²) in [6.07, 6.45) is 3.61. The van der Waals surface area contributed by atoms with Gasteiger partial charge in [0.05, 0.1) is 11.4 Å². The standard InChI is InChI=1S/C11H18BrNO2/c1-15-6-10(12)5-13-11(14)9-3-7-2-8(7)4-9/h7-10H,2-6H2,1H3,(H,13,14). The van der Waals surface area contributed by atoms with E-state index in [1.54, 1.807) is 7.11 Å². The van der Waals surface area contributed by atoms with Crippen LogP contribution in [0.25, 0.3) is 0 Å². The van der Waals surface area contributed by atoms with Crippen LogP contribution in [0.4, 0.5) is 0 Å². The summed E-state index contributed by atoms with van der Waals surface area (Å²) in [5.41, 5.74) is 0. The lowest BCUT2D eigenvalue weighted by molar-refractivity contribution is -0.125. The highest BCUT2D eigenvalue weighted by Crippen LogP contribution is 2.54. The molecule has 3 atom stereocenters. The zero-order valence-corrected chi connectivity index (χ0v) is 10.6. The largest absolute Gasteiger partial charge is 0.383 e. The summed E-state index contributed by atoms with van der Waals surface area (Å²) in [7, 11) is 1.67. The maximum atomic E-state index is 11.7. The van der Waals surface area contributed by atoms with Crippen molar-refractivity contribution in [2.45, 2.75) is 24.1 Å². The molecule has 2 saturated carbocycles. The first-order valence-electron chi connectivity index (χ1n) is 5.61. The van der Waals surface area contributed by atoms with Crippen molar-refractivity contribution in [2.75, 3.05) is 20.3 Å². The van der Waals surface area contributed by atoms with E-state index in [0.717, 1.165) is 24.7 Å². The molecule has 0 aromatic rings. The molecule has 0 bridgehead atoms. The van der Waals surface area contributed by atoms with Gasteiger partial charge in [-0.2, -0.15) is 0 Å². The Kier molecular flexibility index (Phi) is 3.67. The van der Waals surface area contributed by atoms with E-state index < -0.39 is 0 Å². The normalized spacial score (nSPS) is 34.7. The van der Waals surface area contributed by atoms with Gasteiger partial charge in [0.25, 0.3) is 0 Å². The number of methoxy groups -OCH3 is 1. The first-order chi connectivity index (χ1) is 7.20. The topological polar surface area (TPSA) is 38.3 Å². The summed E-state index contributed by atoms with van der Waals surface area (Å²) in [6, 6.07) is 0. The Morgan fingerprint density at radius 3 is 2.73 bits per heavy atom. The molecule has 2 aliphatic carbocycles. The Hall–Kier alpha value is -0.0900. The molecule has 2 fully saturated rings. The van der Waals surface area contributed by atoms with Crippen molar-refractivity contribution in [2.24, 2.45) is 17.8 Å². The lowest BCUT2D eigenvalue weighted by Gasteiger charge is -2.14. The van der Waals surface area contributed by atoms with Crippen molar-refractivity contribution < 1.29 is 9.53 Å². The lowest BCUT2D eigenvalue weighted by Crippen LogP contribution is -2.35. The summed E-state index contributed by atoms with van der Waals surface area (Å²) < 4.78 is 4.99. The van der Waals surface area contributed by atoms with Gasteiger partial charge in [-0.3, -0.25) is 4.79 Å². The molecule has 1 amide bonds. The van der Waals surface area contributed by atoms with Crippen LogP contribution in [0.1, 0.15) is 19.3 Å². The van der Waals surface area contributed by atoms with Crippen LogP contribution in [0.5, 0.6) is 0 Å². The number of amides is 1. The quantitative estimate of drug-likeness (QED) is 0.774. The average Bonchev–Trinajstić information content (AvgIpc) is 2.83. The number of alkyl halides is 1. The van der Waals surface area contributed by atoms with Crippen LogP contribution >= 0.6 is 15.9 Å². The summed E-state index contributed by atoms with van der Waals surface area (Å²) in [4.78, 5) is 12.0. The van der Waals surface area contributed by atoms with Crippen LogP contribution in [-0.2, 0) is 9.53 Å². The van der Waals surface area contributed by atoms with Crippen LogP contribution < -0.4 is 5.32 Å². The van der Waals surface area contributed by atoms with Crippen molar-refractivity contribution in [1.82, 2.24) is 5.32 Å². The number of halogens is 1.